The van der Waals surface area contributed by atoms with Gasteiger partial charge in [-0.1, -0.05) is 49.9 Å². The predicted octanol–water partition coefficient (Wildman–Crippen LogP) is 4.62. The molecule has 0 aliphatic carbocycles. The summed E-state index contributed by atoms with van der Waals surface area (Å²) < 4.78 is 0. The first kappa shape index (κ1) is 16.4. The molecule has 1 aliphatic rings. The Morgan fingerprint density at radius 2 is 1.81 bits per heavy atom. The highest BCUT2D eigenvalue weighted by atomic mass is 35.5. The molecule has 1 saturated heterocycles. The molecule has 1 aliphatic heterocycles. The molecule has 2 rings (SSSR count). The lowest BCUT2D eigenvalue weighted by atomic mass is 9.74. The van der Waals surface area contributed by atoms with Crippen LogP contribution in [-0.4, -0.2) is 23.9 Å². The van der Waals surface area contributed by atoms with Gasteiger partial charge >= 0.3 is 0 Å². The summed E-state index contributed by atoms with van der Waals surface area (Å²) in [6.45, 7) is 6.00. The van der Waals surface area contributed by atoms with Crippen LogP contribution in [0.15, 0.2) is 12.1 Å². The highest BCUT2D eigenvalue weighted by Gasteiger charge is 2.33. The van der Waals surface area contributed by atoms with Gasteiger partial charge in [0, 0.05) is 18.8 Å². The average molecular weight is 329 g/mol. The molecular weight excluding hydrogens is 307 g/mol. The Morgan fingerprint density at radius 3 is 2.33 bits per heavy atom. The summed E-state index contributed by atoms with van der Waals surface area (Å²) in [5, 5.41) is 0.618. The van der Waals surface area contributed by atoms with Gasteiger partial charge in [0.15, 0.2) is 0 Å². The number of halogens is 2. The Hall–Kier alpha value is -0.930. The minimum Gasteiger partial charge on any atom is -0.399 e. The summed E-state index contributed by atoms with van der Waals surface area (Å²) in [7, 11) is 0. The summed E-state index contributed by atoms with van der Waals surface area (Å²) in [4.78, 5) is 14.5. The number of nitrogens with two attached hydrogens (primary N) is 1. The normalized spacial score (nSPS) is 17.8. The fourth-order valence-electron chi connectivity index (χ4n) is 3.08. The Kier molecular flexibility index (Phi) is 5.05. The summed E-state index contributed by atoms with van der Waals surface area (Å²) in [5.41, 5.74) is 7.02. The Labute approximate surface area is 136 Å². The van der Waals surface area contributed by atoms with Crippen LogP contribution in [0.25, 0.3) is 0 Å². The number of anilines is 1. The summed E-state index contributed by atoms with van der Waals surface area (Å²) >= 11 is 12.2. The van der Waals surface area contributed by atoms with E-state index in [9.17, 15) is 4.79 Å². The molecule has 1 amide bonds. The third-order valence-corrected chi connectivity index (χ3v) is 5.69. The largest absolute Gasteiger partial charge is 0.399 e. The summed E-state index contributed by atoms with van der Waals surface area (Å²) in [6.07, 6.45) is 4.41. The van der Waals surface area contributed by atoms with Crippen molar-refractivity contribution in [2.75, 3.05) is 18.8 Å². The van der Waals surface area contributed by atoms with Gasteiger partial charge in [0.2, 0.25) is 0 Å². The quantitative estimate of drug-likeness (QED) is 0.823. The van der Waals surface area contributed by atoms with E-state index in [1.165, 1.54) is 0 Å². The Morgan fingerprint density at radius 1 is 1.24 bits per heavy atom. The second-order valence-corrected chi connectivity index (χ2v) is 6.65. The van der Waals surface area contributed by atoms with Crippen molar-refractivity contribution in [2.24, 2.45) is 5.41 Å². The van der Waals surface area contributed by atoms with Crippen molar-refractivity contribution < 1.29 is 4.79 Å². The van der Waals surface area contributed by atoms with Gasteiger partial charge in [-0.25, -0.2) is 0 Å². The summed E-state index contributed by atoms with van der Waals surface area (Å²) in [5.74, 6) is -0.0741. The lowest BCUT2D eigenvalue weighted by Gasteiger charge is -2.41. The van der Waals surface area contributed by atoms with Crippen LogP contribution in [-0.2, 0) is 0 Å². The third kappa shape index (κ3) is 3.29. The van der Waals surface area contributed by atoms with Gasteiger partial charge in [-0.3, -0.25) is 4.79 Å². The smallest absolute Gasteiger partial charge is 0.255 e. The molecule has 1 aromatic carbocycles. The molecule has 1 aromatic rings. The van der Waals surface area contributed by atoms with Crippen molar-refractivity contribution in [1.82, 2.24) is 4.90 Å². The minimum atomic E-state index is -0.0741. The molecule has 0 radical (unpaired) electrons. The maximum atomic E-state index is 12.6. The molecule has 0 aromatic heterocycles. The molecule has 2 N–H and O–H groups in total. The maximum absolute atomic E-state index is 12.6. The first-order valence-corrected chi connectivity index (χ1v) is 8.22. The lowest BCUT2D eigenvalue weighted by Crippen LogP contribution is -2.42. The third-order valence-electron chi connectivity index (χ3n) is 4.89. The second-order valence-electron chi connectivity index (χ2n) is 5.86. The summed E-state index contributed by atoms with van der Waals surface area (Å²) in [6, 6.07) is 3.17. The van der Waals surface area contributed by atoms with Gasteiger partial charge in [-0.05, 0) is 30.4 Å². The maximum Gasteiger partial charge on any atom is 0.255 e. The van der Waals surface area contributed by atoms with Gasteiger partial charge in [0.25, 0.3) is 5.91 Å². The topological polar surface area (TPSA) is 46.3 Å². The molecule has 0 unspecified atom stereocenters. The van der Waals surface area contributed by atoms with Crippen LogP contribution in [0.2, 0.25) is 10.0 Å². The van der Waals surface area contributed by atoms with E-state index in [1.807, 2.05) is 4.90 Å². The fourth-order valence-corrected chi connectivity index (χ4v) is 3.49. The van der Waals surface area contributed by atoms with E-state index in [0.717, 1.165) is 38.8 Å². The van der Waals surface area contributed by atoms with E-state index >= 15 is 0 Å². The molecule has 1 heterocycles. The van der Waals surface area contributed by atoms with Crippen molar-refractivity contribution in [2.45, 2.75) is 39.5 Å². The van der Waals surface area contributed by atoms with Gasteiger partial charge in [0.05, 0.1) is 15.6 Å². The van der Waals surface area contributed by atoms with Gasteiger partial charge in [0.1, 0.15) is 0 Å². The Bertz CT molecular complexity index is 531. The Balaban J connectivity index is 2.16. The monoisotopic (exact) mass is 328 g/mol. The van der Waals surface area contributed by atoms with Crippen molar-refractivity contribution in [3.63, 3.8) is 0 Å². The number of carbonyl (C=O) groups is 1. The minimum absolute atomic E-state index is 0.0741. The van der Waals surface area contributed by atoms with Crippen LogP contribution in [0.5, 0.6) is 0 Å². The number of likely N-dealkylation sites (tertiary alicyclic amines) is 1. The molecule has 116 valence electrons. The SMILES string of the molecule is CCC1(CC)CCN(C(=O)c2cc(N)cc(Cl)c2Cl)CC1. The number of carbonyl (C=O) groups excluding carboxylic acids is 1. The highest BCUT2D eigenvalue weighted by molar-refractivity contribution is 6.44. The van der Waals surface area contributed by atoms with Crippen molar-refractivity contribution >= 4 is 34.8 Å². The van der Waals surface area contributed by atoms with E-state index < -0.39 is 0 Å². The second kappa shape index (κ2) is 6.45. The molecule has 5 heteroatoms. The predicted molar refractivity (Wildman–Crippen MR) is 89.0 cm³/mol. The van der Waals surface area contributed by atoms with Crippen LogP contribution in [0, 0.1) is 5.41 Å². The van der Waals surface area contributed by atoms with E-state index in [4.69, 9.17) is 28.9 Å². The number of nitrogen functional groups attached to an aromatic ring is 1. The van der Waals surface area contributed by atoms with E-state index in [2.05, 4.69) is 13.8 Å². The molecule has 0 atom stereocenters. The van der Waals surface area contributed by atoms with Crippen molar-refractivity contribution in [1.29, 1.82) is 0 Å². The zero-order valence-electron chi connectivity index (χ0n) is 12.6. The first-order chi connectivity index (χ1) is 9.92. The van der Waals surface area contributed by atoms with Crippen molar-refractivity contribution in [3.05, 3.63) is 27.7 Å². The van der Waals surface area contributed by atoms with Crippen molar-refractivity contribution in [3.8, 4) is 0 Å². The van der Waals surface area contributed by atoms with Crippen LogP contribution in [0.3, 0.4) is 0 Å². The number of benzene rings is 1. The lowest BCUT2D eigenvalue weighted by molar-refractivity contribution is 0.0558. The molecule has 0 spiro atoms. The first-order valence-electron chi connectivity index (χ1n) is 7.46. The number of nitrogens with zero attached hydrogens (tertiary/aromatic N) is 1. The van der Waals surface area contributed by atoms with E-state index in [1.54, 1.807) is 12.1 Å². The van der Waals surface area contributed by atoms with Crippen LogP contribution in [0.4, 0.5) is 5.69 Å². The molecule has 0 saturated carbocycles. The zero-order valence-corrected chi connectivity index (χ0v) is 14.1. The van der Waals surface area contributed by atoms with Gasteiger partial charge in [-0.15, -0.1) is 0 Å². The van der Waals surface area contributed by atoms with Crippen LogP contribution >= 0.6 is 23.2 Å². The molecule has 1 fully saturated rings. The molecule has 0 bridgehead atoms. The van der Waals surface area contributed by atoms with Crippen LogP contribution in [0.1, 0.15) is 49.9 Å². The van der Waals surface area contributed by atoms with Gasteiger partial charge < -0.3 is 10.6 Å². The molecule has 21 heavy (non-hydrogen) atoms. The number of rotatable bonds is 3. The standard InChI is InChI=1S/C16H22Cl2N2O/c1-3-16(4-2)5-7-20(8-6-16)15(21)12-9-11(19)10-13(17)14(12)18/h9-10H,3-8,19H2,1-2H3. The molecule has 3 nitrogen and oxygen atoms in total. The number of hydrogen-bond acceptors (Lipinski definition) is 2. The van der Waals surface area contributed by atoms with Crippen LogP contribution < -0.4 is 5.73 Å². The number of hydrogen-bond donors (Lipinski definition) is 1. The zero-order chi connectivity index (χ0) is 15.6. The number of amides is 1. The number of piperidine rings is 1. The molecular formula is C16H22Cl2N2O. The van der Waals surface area contributed by atoms with Gasteiger partial charge in [-0.2, -0.15) is 0 Å². The fraction of sp³-hybridized carbons (Fsp3) is 0.562. The van der Waals surface area contributed by atoms with E-state index in [0.29, 0.717) is 26.7 Å². The average Bonchev–Trinajstić information content (AvgIpc) is 2.50. The van der Waals surface area contributed by atoms with E-state index in [-0.39, 0.29) is 5.91 Å². The highest BCUT2D eigenvalue weighted by Crippen LogP contribution is 2.39.